The summed E-state index contributed by atoms with van der Waals surface area (Å²) in [5.74, 6) is 0.273. The number of benzene rings is 2. The Morgan fingerprint density at radius 2 is 1.56 bits per heavy atom. The fraction of sp³-hybridized carbons (Fsp3) is 0. The Morgan fingerprint density at radius 1 is 0.833 bits per heavy atom. The summed E-state index contributed by atoms with van der Waals surface area (Å²) in [6.07, 6.45) is 0. The van der Waals surface area contributed by atoms with Crippen LogP contribution in [0.5, 0.6) is 11.5 Å². The summed E-state index contributed by atoms with van der Waals surface area (Å²) < 4.78 is 22.3. The van der Waals surface area contributed by atoms with Gasteiger partial charge in [-0.05, 0) is 78.1 Å². The molecule has 0 bridgehead atoms. The van der Waals surface area contributed by atoms with Gasteiger partial charge in [-0.3, -0.25) is 0 Å². The summed E-state index contributed by atoms with van der Waals surface area (Å²) in [6.45, 7) is 0. The van der Waals surface area contributed by atoms with E-state index in [-0.39, 0.29) is 5.75 Å². The van der Waals surface area contributed by atoms with Crippen molar-refractivity contribution in [1.29, 1.82) is 0 Å². The molecule has 0 saturated carbocycles. The standard InChI is InChI=1S/C12H5Br4FO/c13-6-3-10(16)12(11(17)4-6)18-7-1-2-8(14)9(15)5-7/h1-5H. The van der Waals surface area contributed by atoms with Gasteiger partial charge in [-0.25, -0.2) is 4.39 Å². The van der Waals surface area contributed by atoms with Gasteiger partial charge in [-0.2, -0.15) is 0 Å². The molecule has 2 aromatic rings. The quantitative estimate of drug-likeness (QED) is 0.445. The van der Waals surface area contributed by atoms with Gasteiger partial charge in [0.25, 0.3) is 0 Å². The van der Waals surface area contributed by atoms with E-state index in [1.165, 1.54) is 6.07 Å². The van der Waals surface area contributed by atoms with Crippen molar-refractivity contribution in [2.24, 2.45) is 0 Å². The van der Waals surface area contributed by atoms with Gasteiger partial charge < -0.3 is 4.74 Å². The Kier molecular flexibility index (Phi) is 4.86. The molecule has 0 saturated heterocycles. The van der Waals surface area contributed by atoms with Gasteiger partial charge in [-0.15, -0.1) is 0 Å². The SMILES string of the molecule is Fc1cc(Br)cc(Br)c1Oc1ccc(Br)c(Br)c1. The predicted molar refractivity (Wildman–Crippen MR) is 83.7 cm³/mol. The van der Waals surface area contributed by atoms with Crippen molar-refractivity contribution in [1.82, 2.24) is 0 Å². The summed E-state index contributed by atoms with van der Waals surface area (Å²) in [5, 5.41) is 0. The third kappa shape index (κ3) is 3.35. The summed E-state index contributed by atoms with van der Waals surface area (Å²) in [7, 11) is 0. The average Bonchev–Trinajstić information content (AvgIpc) is 2.28. The largest absolute Gasteiger partial charge is 0.453 e. The maximum atomic E-state index is 13.8. The summed E-state index contributed by atoms with van der Waals surface area (Å²) in [6, 6.07) is 8.42. The monoisotopic (exact) mass is 500 g/mol. The molecule has 0 radical (unpaired) electrons. The molecule has 2 rings (SSSR count). The highest BCUT2D eigenvalue weighted by atomic mass is 79.9. The smallest absolute Gasteiger partial charge is 0.177 e. The minimum atomic E-state index is -0.435. The third-order valence-corrected chi connectivity index (χ3v) is 5.00. The first kappa shape index (κ1) is 14.5. The number of hydrogen-bond acceptors (Lipinski definition) is 1. The van der Waals surface area contributed by atoms with Crippen LogP contribution in [0.3, 0.4) is 0 Å². The Bertz CT molecular complexity index is 578. The molecular formula is C12H5Br4FO. The Hall–Kier alpha value is 0.0900. The maximum Gasteiger partial charge on any atom is 0.177 e. The summed E-state index contributed by atoms with van der Waals surface area (Å²) in [4.78, 5) is 0. The zero-order valence-corrected chi connectivity index (χ0v) is 15.0. The first-order chi connectivity index (χ1) is 8.47. The van der Waals surface area contributed by atoms with E-state index in [2.05, 4.69) is 63.7 Å². The van der Waals surface area contributed by atoms with Crippen LogP contribution in [0.15, 0.2) is 48.2 Å². The van der Waals surface area contributed by atoms with Crippen LogP contribution in [0.2, 0.25) is 0 Å². The lowest BCUT2D eigenvalue weighted by molar-refractivity contribution is 0.438. The number of rotatable bonds is 2. The number of ether oxygens (including phenoxy) is 1. The maximum absolute atomic E-state index is 13.8. The molecule has 0 N–H and O–H groups in total. The number of hydrogen-bond donors (Lipinski definition) is 0. The van der Waals surface area contributed by atoms with E-state index in [1.807, 2.05) is 6.07 Å². The van der Waals surface area contributed by atoms with E-state index in [4.69, 9.17) is 4.74 Å². The van der Waals surface area contributed by atoms with Crippen LogP contribution in [-0.4, -0.2) is 0 Å². The zero-order valence-electron chi connectivity index (χ0n) is 8.68. The summed E-state index contributed by atoms with van der Waals surface area (Å²) >= 11 is 13.2. The molecule has 0 fully saturated rings. The topological polar surface area (TPSA) is 9.23 Å². The van der Waals surface area contributed by atoms with Crippen molar-refractivity contribution in [3.8, 4) is 11.5 Å². The number of halogens is 5. The molecule has 1 nitrogen and oxygen atoms in total. The van der Waals surface area contributed by atoms with Crippen LogP contribution in [0.25, 0.3) is 0 Å². The normalized spacial score (nSPS) is 10.5. The first-order valence-electron chi connectivity index (χ1n) is 4.75. The fourth-order valence-electron chi connectivity index (χ4n) is 1.28. The van der Waals surface area contributed by atoms with Gasteiger partial charge >= 0.3 is 0 Å². The van der Waals surface area contributed by atoms with Crippen molar-refractivity contribution in [2.75, 3.05) is 0 Å². The minimum absolute atomic E-state index is 0.160. The molecule has 6 heteroatoms. The van der Waals surface area contributed by atoms with Crippen molar-refractivity contribution in [3.63, 3.8) is 0 Å². The lowest BCUT2D eigenvalue weighted by atomic mass is 10.3. The van der Waals surface area contributed by atoms with Gasteiger partial charge in [-0.1, -0.05) is 15.9 Å². The second kappa shape index (κ2) is 6.03. The van der Waals surface area contributed by atoms with Gasteiger partial charge in [0.1, 0.15) is 5.75 Å². The highest BCUT2D eigenvalue weighted by molar-refractivity contribution is 9.13. The Morgan fingerprint density at radius 3 is 2.17 bits per heavy atom. The van der Waals surface area contributed by atoms with Crippen LogP contribution < -0.4 is 4.74 Å². The fourth-order valence-corrected chi connectivity index (χ4v) is 3.14. The second-order valence-electron chi connectivity index (χ2n) is 3.38. The third-order valence-electron chi connectivity index (χ3n) is 2.07. The summed E-state index contributed by atoms with van der Waals surface area (Å²) in [5.41, 5.74) is 0. The average molecular weight is 504 g/mol. The van der Waals surface area contributed by atoms with Crippen molar-refractivity contribution < 1.29 is 9.13 Å². The molecule has 0 atom stereocenters. The van der Waals surface area contributed by atoms with Gasteiger partial charge in [0.05, 0.1) is 4.47 Å². The van der Waals surface area contributed by atoms with Crippen LogP contribution in [0, 0.1) is 5.82 Å². The first-order valence-corrected chi connectivity index (χ1v) is 7.92. The molecule has 0 aliphatic heterocycles. The highest BCUT2D eigenvalue weighted by Gasteiger charge is 2.11. The minimum Gasteiger partial charge on any atom is -0.453 e. The molecule has 0 aliphatic rings. The second-order valence-corrected chi connectivity index (χ2v) is 6.86. The Balaban J connectivity index is 2.37. The molecular weight excluding hydrogens is 499 g/mol. The van der Waals surface area contributed by atoms with E-state index >= 15 is 0 Å². The van der Waals surface area contributed by atoms with Crippen LogP contribution in [0.4, 0.5) is 4.39 Å². The molecule has 0 spiro atoms. The van der Waals surface area contributed by atoms with Crippen molar-refractivity contribution in [3.05, 3.63) is 54.0 Å². The van der Waals surface area contributed by atoms with Gasteiger partial charge in [0.2, 0.25) is 0 Å². The molecule has 0 heterocycles. The molecule has 0 amide bonds. The Labute approximate surface area is 137 Å². The van der Waals surface area contributed by atoms with E-state index < -0.39 is 5.82 Å². The van der Waals surface area contributed by atoms with Crippen molar-refractivity contribution >= 4 is 63.7 Å². The van der Waals surface area contributed by atoms with E-state index in [0.717, 1.165) is 8.95 Å². The zero-order chi connectivity index (χ0) is 13.3. The van der Waals surface area contributed by atoms with E-state index in [1.54, 1.807) is 18.2 Å². The molecule has 18 heavy (non-hydrogen) atoms. The van der Waals surface area contributed by atoms with Crippen molar-refractivity contribution in [2.45, 2.75) is 0 Å². The van der Waals surface area contributed by atoms with E-state index in [9.17, 15) is 4.39 Å². The van der Waals surface area contributed by atoms with E-state index in [0.29, 0.717) is 14.7 Å². The predicted octanol–water partition coefficient (Wildman–Crippen LogP) is 6.67. The lowest BCUT2D eigenvalue weighted by Crippen LogP contribution is -1.90. The van der Waals surface area contributed by atoms with Crippen LogP contribution >= 0.6 is 63.7 Å². The van der Waals surface area contributed by atoms with Crippen LogP contribution in [0.1, 0.15) is 0 Å². The van der Waals surface area contributed by atoms with Gasteiger partial charge in [0, 0.05) is 13.4 Å². The van der Waals surface area contributed by atoms with Gasteiger partial charge in [0.15, 0.2) is 11.6 Å². The molecule has 0 unspecified atom stereocenters. The molecule has 2 aromatic carbocycles. The molecule has 0 aliphatic carbocycles. The highest BCUT2D eigenvalue weighted by Crippen LogP contribution is 2.36. The van der Waals surface area contributed by atoms with Crippen LogP contribution in [-0.2, 0) is 0 Å². The lowest BCUT2D eigenvalue weighted by Gasteiger charge is -2.10. The molecule has 94 valence electrons. The molecule has 0 aromatic heterocycles.